The van der Waals surface area contributed by atoms with Gasteiger partial charge in [0.1, 0.15) is 0 Å². The number of rotatable bonds is 5. The highest BCUT2D eigenvalue weighted by atomic mass is 35.5. The van der Waals surface area contributed by atoms with Crippen molar-refractivity contribution in [3.63, 3.8) is 0 Å². The maximum atomic E-state index is 12.5. The van der Waals surface area contributed by atoms with Crippen LogP contribution in [-0.2, 0) is 16.0 Å². The predicted octanol–water partition coefficient (Wildman–Crippen LogP) is 2.06. The van der Waals surface area contributed by atoms with E-state index < -0.39 is 0 Å². The molecule has 0 spiro atoms. The molecule has 2 heterocycles. The summed E-state index contributed by atoms with van der Waals surface area (Å²) < 4.78 is 5.24. The summed E-state index contributed by atoms with van der Waals surface area (Å²) in [7, 11) is 0. The van der Waals surface area contributed by atoms with Gasteiger partial charge in [-0.25, -0.2) is 0 Å². The minimum atomic E-state index is -0.259. The van der Waals surface area contributed by atoms with Crippen LogP contribution in [0.1, 0.15) is 25.7 Å². The molecule has 1 aliphatic heterocycles. The second-order valence-corrected chi connectivity index (χ2v) is 7.45. The predicted molar refractivity (Wildman–Crippen MR) is 112 cm³/mol. The quantitative estimate of drug-likeness (QED) is 0.733. The number of nitrogens with zero attached hydrogens (tertiary/aromatic N) is 3. The molecular formula is C19H25Cl2N5O3. The third kappa shape index (κ3) is 6.42. The Balaban J connectivity index is 0.00000300. The van der Waals surface area contributed by atoms with Crippen LogP contribution in [0.2, 0.25) is 5.02 Å². The average Bonchev–Trinajstić information content (AvgIpc) is 3.03. The summed E-state index contributed by atoms with van der Waals surface area (Å²) in [6, 6.07) is 7.06. The number of nitrogens with one attached hydrogen (secondary N) is 1. The van der Waals surface area contributed by atoms with E-state index in [1.807, 2.05) is 12.1 Å². The van der Waals surface area contributed by atoms with Crippen molar-refractivity contribution in [1.82, 2.24) is 20.4 Å². The van der Waals surface area contributed by atoms with Gasteiger partial charge in [0.25, 0.3) is 0 Å². The van der Waals surface area contributed by atoms with Gasteiger partial charge in [-0.05, 0) is 37.1 Å². The molecule has 1 fully saturated rings. The van der Waals surface area contributed by atoms with E-state index in [2.05, 4.69) is 15.5 Å². The lowest BCUT2D eigenvalue weighted by Gasteiger charge is -2.23. The van der Waals surface area contributed by atoms with E-state index in [1.165, 1.54) is 6.92 Å². The number of benzene rings is 1. The lowest BCUT2D eigenvalue weighted by Crippen LogP contribution is -2.42. The molecular weight excluding hydrogens is 417 g/mol. The van der Waals surface area contributed by atoms with Gasteiger partial charge in [0.05, 0.1) is 5.92 Å². The first-order chi connectivity index (χ1) is 13.4. The summed E-state index contributed by atoms with van der Waals surface area (Å²) in [5, 5.41) is 7.49. The molecule has 2 atom stereocenters. The smallest absolute Gasteiger partial charge is 0.228 e. The fourth-order valence-electron chi connectivity index (χ4n) is 3.20. The molecule has 0 radical (unpaired) electrons. The number of carbonyl (C=O) groups is 2. The number of nitrogens with two attached hydrogens (primary N) is 1. The highest BCUT2D eigenvalue weighted by Crippen LogP contribution is 2.19. The van der Waals surface area contributed by atoms with Crippen LogP contribution >= 0.6 is 24.0 Å². The van der Waals surface area contributed by atoms with Gasteiger partial charge in [-0.3, -0.25) is 9.59 Å². The van der Waals surface area contributed by atoms with Gasteiger partial charge in [-0.2, -0.15) is 4.98 Å². The maximum absolute atomic E-state index is 12.5. The van der Waals surface area contributed by atoms with Crippen LogP contribution in [0.15, 0.2) is 28.8 Å². The Morgan fingerprint density at radius 1 is 1.28 bits per heavy atom. The Morgan fingerprint density at radius 3 is 2.69 bits per heavy atom. The second kappa shape index (κ2) is 10.6. The van der Waals surface area contributed by atoms with Crippen LogP contribution in [0.4, 0.5) is 0 Å². The topological polar surface area (TPSA) is 114 Å². The summed E-state index contributed by atoms with van der Waals surface area (Å²) in [6.07, 6.45) is 1.81. The maximum Gasteiger partial charge on any atom is 0.228 e. The van der Waals surface area contributed by atoms with Gasteiger partial charge in [-0.15, -0.1) is 12.4 Å². The van der Waals surface area contributed by atoms with Gasteiger partial charge in [-0.1, -0.05) is 16.8 Å². The van der Waals surface area contributed by atoms with Crippen molar-refractivity contribution >= 4 is 35.8 Å². The molecule has 2 aromatic rings. The fraction of sp³-hybridized carbons (Fsp3) is 0.474. The standard InChI is InChI=1S/C19H24ClN5O3.ClH/c1-12(26)25-10-14(4-7-16(21)11-25)19(27)22-9-8-17-23-18(24-28-17)13-2-5-15(20)6-3-13;/h2-3,5-6,14,16H,4,7-11,21H2,1H3,(H,22,27);1H/t14-,16+;/m1./s1. The van der Waals surface area contributed by atoms with Gasteiger partial charge in [0.2, 0.25) is 23.5 Å². The van der Waals surface area contributed by atoms with Crippen LogP contribution in [0.25, 0.3) is 11.4 Å². The SMILES string of the molecule is CC(=O)N1C[C@@H](N)CC[C@@H](C(=O)NCCc2nc(-c3ccc(Cl)cc3)no2)C1.Cl. The van der Waals surface area contributed by atoms with E-state index in [1.54, 1.807) is 17.0 Å². The molecule has 29 heavy (non-hydrogen) atoms. The highest BCUT2D eigenvalue weighted by Gasteiger charge is 2.28. The van der Waals surface area contributed by atoms with Crippen LogP contribution in [0.3, 0.4) is 0 Å². The molecule has 0 aliphatic carbocycles. The van der Waals surface area contributed by atoms with Crippen molar-refractivity contribution in [2.45, 2.75) is 32.2 Å². The molecule has 3 rings (SSSR count). The summed E-state index contributed by atoms with van der Waals surface area (Å²) in [5.74, 6) is 0.518. The number of aromatic nitrogens is 2. The van der Waals surface area contributed by atoms with E-state index in [9.17, 15) is 9.59 Å². The van der Waals surface area contributed by atoms with E-state index in [0.29, 0.717) is 49.2 Å². The van der Waals surface area contributed by atoms with Crippen LogP contribution < -0.4 is 11.1 Å². The van der Waals surface area contributed by atoms with E-state index in [0.717, 1.165) is 12.0 Å². The number of hydrogen-bond donors (Lipinski definition) is 2. The molecule has 8 nitrogen and oxygen atoms in total. The number of halogens is 2. The van der Waals surface area contributed by atoms with Crippen LogP contribution in [0, 0.1) is 5.92 Å². The van der Waals surface area contributed by atoms with Gasteiger partial charge >= 0.3 is 0 Å². The van der Waals surface area contributed by atoms with E-state index in [-0.39, 0.29) is 36.2 Å². The number of carbonyl (C=O) groups excluding carboxylic acids is 2. The van der Waals surface area contributed by atoms with Crippen LogP contribution in [-0.4, -0.2) is 52.5 Å². The van der Waals surface area contributed by atoms with Gasteiger partial charge < -0.3 is 20.5 Å². The Hall–Kier alpha value is -2.16. The summed E-state index contributed by atoms with van der Waals surface area (Å²) in [6.45, 7) is 2.77. The first-order valence-electron chi connectivity index (χ1n) is 9.29. The second-order valence-electron chi connectivity index (χ2n) is 7.02. The summed E-state index contributed by atoms with van der Waals surface area (Å²) >= 11 is 5.88. The lowest BCUT2D eigenvalue weighted by molar-refractivity contribution is -0.131. The van der Waals surface area contributed by atoms with Gasteiger partial charge in [0.15, 0.2) is 0 Å². The first-order valence-corrected chi connectivity index (χ1v) is 9.67. The summed E-state index contributed by atoms with van der Waals surface area (Å²) in [4.78, 5) is 30.2. The number of amides is 2. The Bertz CT molecular complexity index is 828. The van der Waals surface area contributed by atoms with Crippen molar-refractivity contribution in [1.29, 1.82) is 0 Å². The van der Waals surface area contributed by atoms with Crippen molar-refractivity contribution in [3.05, 3.63) is 35.2 Å². The molecule has 3 N–H and O–H groups in total. The molecule has 0 unspecified atom stereocenters. The minimum Gasteiger partial charge on any atom is -0.355 e. The van der Waals surface area contributed by atoms with Crippen molar-refractivity contribution < 1.29 is 14.1 Å². The first kappa shape index (κ1) is 23.1. The molecule has 10 heteroatoms. The number of likely N-dealkylation sites (tertiary alicyclic amines) is 1. The molecule has 158 valence electrons. The number of hydrogen-bond acceptors (Lipinski definition) is 6. The zero-order valence-electron chi connectivity index (χ0n) is 16.1. The van der Waals surface area contributed by atoms with Gasteiger partial charge in [0, 0.05) is 49.6 Å². The monoisotopic (exact) mass is 441 g/mol. The van der Waals surface area contributed by atoms with Crippen molar-refractivity contribution in [3.8, 4) is 11.4 Å². The minimum absolute atomic E-state index is 0. The van der Waals surface area contributed by atoms with E-state index in [4.69, 9.17) is 21.9 Å². The summed E-state index contributed by atoms with van der Waals surface area (Å²) in [5.41, 5.74) is 6.81. The molecule has 0 saturated carbocycles. The normalized spacial score (nSPS) is 19.2. The molecule has 2 amide bonds. The molecule has 1 aromatic heterocycles. The van der Waals surface area contributed by atoms with Crippen molar-refractivity contribution in [2.75, 3.05) is 19.6 Å². The van der Waals surface area contributed by atoms with E-state index >= 15 is 0 Å². The lowest BCUT2D eigenvalue weighted by atomic mass is 10.0. The Kier molecular flexibility index (Phi) is 8.43. The average molecular weight is 442 g/mol. The molecule has 1 aliphatic rings. The molecule has 1 aromatic carbocycles. The Morgan fingerprint density at radius 2 is 2.00 bits per heavy atom. The third-order valence-electron chi connectivity index (χ3n) is 4.81. The zero-order valence-corrected chi connectivity index (χ0v) is 17.7. The molecule has 0 bridgehead atoms. The largest absolute Gasteiger partial charge is 0.355 e. The third-order valence-corrected chi connectivity index (χ3v) is 5.06. The fourth-order valence-corrected chi connectivity index (χ4v) is 3.33. The Labute approximate surface area is 180 Å². The van der Waals surface area contributed by atoms with Crippen molar-refractivity contribution in [2.24, 2.45) is 11.7 Å². The van der Waals surface area contributed by atoms with Crippen LogP contribution in [0.5, 0.6) is 0 Å². The highest BCUT2D eigenvalue weighted by molar-refractivity contribution is 6.30. The zero-order chi connectivity index (χ0) is 20.1. The molecule has 1 saturated heterocycles.